The number of nitrogens with two attached hydrogens (primary N) is 1. The number of hydrogen-bond donors (Lipinski definition) is 2. The molecule has 2 unspecified atom stereocenters. The summed E-state index contributed by atoms with van der Waals surface area (Å²) in [5.41, 5.74) is 8.13. The average Bonchev–Trinajstić information content (AvgIpc) is 2.91. The van der Waals surface area contributed by atoms with Gasteiger partial charge < -0.3 is 15.7 Å². The molecule has 3 rings (SSSR count). The molecule has 5 heteroatoms. The van der Waals surface area contributed by atoms with E-state index in [1.807, 2.05) is 18.2 Å². The number of fused-ring (bicyclic) bond motifs is 1. The van der Waals surface area contributed by atoms with Crippen molar-refractivity contribution in [1.82, 2.24) is 4.90 Å². The van der Waals surface area contributed by atoms with Gasteiger partial charge in [-0.1, -0.05) is 18.2 Å². The highest BCUT2D eigenvalue weighted by Gasteiger charge is 2.29. The molecule has 1 aromatic rings. The highest BCUT2D eigenvalue weighted by Crippen LogP contribution is 2.25. The number of carboxylic acid groups (broad SMARTS) is 1. The number of carboxylic acids is 1. The number of amides is 1. The molecule has 1 aromatic carbocycles. The minimum Gasteiger partial charge on any atom is -0.478 e. The second kappa shape index (κ2) is 5.33. The standard InChI is InChI=1S/C16H18N2O3/c17-14-4-3-11(8-14)15(19)18-6-5-10-1-2-12(16(20)21)7-13(10)9-18/h1-4,7,11,14H,5-6,8-9,17H2,(H,20,21). The normalized spacial score (nSPS) is 24.0. The van der Waals surface area contributed by atoms with Gasteiger partial charge in [-0.05, 0) is 36.1 Å². The largest absolute Gasteiger partial charge is 0.478 e. The predicted molar refractivity (Wildman–Crippen MR) is 77.7 cm³/mol. The van der Waals surface area contributed by atoms with Gasteiger partial charge in [0.05, 0.1) is 11.5 Å². The van der Waals surface area contributed by atoms with E-state index in [9.17, 15) is 9.59 Å². The molecular formula is C16H18N2O3. The SMILES string of the molecule is NC1C=CC(C(=O)N2CCc3ccc(C(=O)O)cc3C2)C1. The monoisotopic (exact) mass is 286 g/mol. The van der Waals surface area contributed by atoms with Crippen LogP contribution in [0.5, 0.6) is 0 Å². The summed E-state index contributed by atoms with van der Waals surface area (Å²) in [4.78, 5) is 25.3. The quantitative estimate of drug-likeness (QED) is 0.799. The smallest absolute Gasteiger partial charge is 0.335 e. The zero-order valence-electron chi connectivity index (χ0n) is 11.7. The van der Waals surface area contributed by atoms with Crippen molar-refractivity contribution < 1.29 is 14.7 Å². The number of hydrogen-bond acceptors (Lipinski definition) is 3. The van der Waals surface area contributed by atoms with Crippen molar-refractivity contribution in [2.45, 2.75) is 25.4 Å². The van der Waals surface area contributed by atoms with Crippen LogP contribution in [-0.4, -0.2) is 34.5 Å². The minimum atomic E-state index is -0.939. The lowest BCUT2D eigenvalue weighted by Crippen LogP contribution is -2.39. The Morgan fingerprint density at radius 1 is 1.24 bits per heavy atom. The Labute approximate surface area is 123 Å². The van der Waals surface area contributed by atoms with Gasteiger partial charge in [0.2, 0.25) is 5.91 Å². The van der Waals surface area contributed by atoms with Crippen LogP contribution in [0.25, 0.3) is 0 Å². The van der Waals surface area contributed by atoms with Crippen LogP contribution in [0.4, 0.5) is 0 Å². The van der Waals surface area contributed by atoms with Gasteiger partial charge in [0.15, 0.2) is 0 Å². The van der Waals surface area contributed by atoms with E-state index in [0.29, 0.717) is 19.5 Å². The van der Waals surface area contributed by atoms with Crippen molar-refractivity contribution in [1.29, 1.82) is 0 Å². The fraction of sp³-hybridized carbons (Fsp3) is 0.375. The van der Waals surface area contributed by atoms with E-state index in [2.05, 4.69) is 0 Å². The van der Waals surface area contributed by atoms with Crippen LogP contribution in [-0.2, 0) is 17.8 Å². The van der Waals surface area contributed by atoms with Crippen LogP contribution in [0, 0.1) is 5.92 Å². The molecule has 0 saturated heterocycles. The molecule has 1 aliphatic heterocycles. The highest BCUT2D eigenvalue weighted by atomic mass is 16.4. The molecule has 1 heterocycles. The van der Waals surface area contributed by atoms with E-state index in [1.165, 1.54) is 0 Å². The van der Waals surface area contributed by atoms with Gasteiger partial charge >= 0.3 is 5.97 Å². The Bertz CT molecular complexity index is 624. The summed E-state index contributed by atoms with van der Waals surface area (Å²) < 4.78 is 0. The molecule has 0 spiro atoms. The summed E-state index contributed by atoms with van der Waals surface area (Å²) in [5, 5.41) is 9.06. The first kappa shape index (κ1) is 13.8. The maximum Gasteiger partial charge on any atom is 0.335 e. The fourth-order valence-corrected chi connectivity index (χ4v) is 3.02. The van der Waals surface area contributed by atoms with E-state index in [0.717, 1.165) is 17.5 Å². The third-order valence-electron chi connectivity index (χ3n) is 4.21. The van der Waals surface area contributed by atoms with Gasteiger partial charge in [-0.2, -0.15) is 0 Å². The molecule has 0 bridgehead atoms. The Balaban J connectivity index is 1.77. The zero-order valence-corrected chi connectivity index (χ0v) is 11.7. The molecule has 0 fully saturated rings. The third-order valence-corrected chi connectivity index (χ3v) is 4.21. The zero-order chi connectivity index (χ0) is 15.0. The van der Waals surface area contributed by atoms with Crippen molar-refractivity contribution in [3.63, 3.8) is 0 Å². The average molecular weight is 286 g/mol. The lowest BCUT2D eigenvalue weighted by atomic mass is 9.96. The Morgan fingerprint density at radius 3 is 2.71 bits per heavy atom. The van der Waals surface area contributed by atoms with Gasteiger partial charge in [-0.25, -0.2) is 4.79 Å². The first-order valence-corrected chi connectivity index (χ1v) is 7.12. The highest BCUT2D eigenvalue weighted by molar-refractivity contribution is 5.88. The molecule has 21 heavy (non-hydrogen) atoms. The number of aromatic carboxylic acids is 1. The van der Waals surface area contributed by atoms with Crippen LogP contribution < -0.4 is 5.73 Å². The van der Waals surface area contributed by atoms with Crippen LogP contribution in [0.1, 0.15) is 27.9 Å². The summed E-state index contributed by atoms with van der Waals surface area (Å²) in [5.74, 6) is -0.985. The molecular weight excluding hydrogens is 268 g/mol. The van der Waals surface area contributed by atoms with Crippen molar-refractivity contribution in [2.75, 3.05) is 6.54 Å². The maximum atomic E-state index is 12.5. The molecule has 1 amide bonds. The molecule has 0 aromatic heterocycles. The number of carbonyl (C=O) groups is 2. The van der Waals surface area contributed by atoms with Crippen molar-refractivity contribution in [3.05, 3.63) is 47.0 Å². The first-order chi connectivity index (χ1) is 10.0. The lowest BCUT2D eigenvalue weighted by Gasteiger charge is -2.31. The number of carbonyl (C=O) groups excluding carboxylic acids is 1. The Kier molecular flexibility index (Phi) is 3.51. The van der Waals surface area contributed by atoms with Crippen LogP contribution in [0.15, 0.2) is 30.4 Å². The number of nitrogens with zero attached hydrogens (tertiary/aromatic N) is 1. The molecule has 110 valence electrons. The fourth-order valence-electron chi connectivity index (χ4n) is 3.02. The lowest BCUT2D eigenvalue weighted by molar-refractivity contribution is -0.135. The molecule has 0 radical (unpaired) electrons. The van der Waals surface area contributed by atoms with E-state index in [-0.39, 0.29) is 23.4 Å². The van der Waals surface area contributed by atoms with Gasteiger partial charge in [-0.3, -0.25) is 4.79 Å². The van der Waals surface area contributed by atoms with E-state index in [1.54, 1.807) is 17.0 Å². The van der Waals surface area contributed by atoms with E-state index >= 15 is 0 Å². The van der Waals surface area contributed by atoms with Gasteiger partial charge in [0.1, 0.15) is 0 Å². The summed E-state index contributed by atoms with van der Waals surface area (Å²) in [6.45, 7) is 1.16. The molecule has 0 saturated carbocycles. The molecule has 2 aliphatic rings. The third kappa shape index (κ3) is 2.69. The molecule has 2 atom stereocenters. The van der Waals surface area contributed by atoms with Crippen LogP contribution in [0.3, 0.4) is 0 Å². The van der Waals surface area contributed by atoms with Crippen molar-refractivity contribution in [2.24, 2.45) is 11.7 Å². The number of benzene rings is 1. The van der Waals surface area contributed by atoms with Crippen molar-refractivity contribution in [3.8, 4) is 0 Å². The number of rotatable bonds is 2. The van der Waals surface area contributed by atoms with Gasteiger partial charge in [0, 0.05) is 19.1 Å². The summed E-state index contributed by atoms with van der Waals surface area (Å²) in [6.07, 6.45) is 5.19. The van der Waals surface area contributed by atoms with Crippen LogP contribution in [0.2, 0.25) is 0 Å². The topological polar surface area (TPSA) is 83.6 Å². The maximum absolute atomic E-state index is 12.5. The van der Waals surface area contributed by atoms with Gasteiger partial charge in [-0.15, -0.1) is 0 Å². The Morgan fingerprint density at radius 2 is 2.05 bits per heavy atom. The molecule has 5 nitrogen and oxygen atoms in total. The second-order valence-corrected chi connectivity index (χ2v) is 5.69. The van der Waals surface area contributed by atoms with E-state index < -0.39 is 5.97 Å². The van der Waals surface area contributed by atoms with Crippen LogP contribution >= 0.6 is 0 Å². The first-order valence-electron chi connectivity index (χ1n) is 7.12. The molecule has 1 aliphatic carbocycles. The minimum absolute atomic E-state index is 0.0327. The summed E-state index contributed by atoms with van der Waals surface area (Å²) >= 11 is 0. The van der Waals surface area contributed by atoms with E-state index in [4.69, 9.17) is 10.8 Å². The summed E-state index contributed by atoms with van der Waals surface area (Å²) in [7, 11) is 0. The summed E-state index contributed by atoms with van der Waals surface area (Å²) in [6, 6.07) is 5.12. The van der Waals surface area contributed by atoms with Crippen molar-refractivity contribution >= 4 is 11.9 Å². The van der Waals surface area contributed by atoms with Gasteiger partial charge in [0.25, 0.3) is 0 Å². The second-order valence-electron chi connectivity index (χ2n) is 5.69. The Hall–Kier alpha value is -2.14. The predicted octanol–water partition coefficient (Wildman–Crippen LogP) is 1.17. The molecule has 3 N–H and O–H groups in total.